The fourth-order valence-corrected chi connectivity index (χ4v) is 1.96. The van der Waals surface area contributed by atoms with Crippen molar-refractivity contribution in [2.45, 2.75) is 0 Å². The van der Waals surface area contributed by atoms with Crippen molar-refractivity contribution in [3.8, 4) is 0 Å². The topological polar surface area (TPSA) is 69.7 Å². The molecular formula is C10H9ClN2O3. The van der Waals surface area contributed by atoms with Gasteiger partial charge in [0.05, 0.1) is 5.52 Å². The molecule has 5 nitrogen and oxygen atoms in total. The number of nitrogens with zero attached hydrogens (tertiary/aromatic N) is 1. The van der Waals surface area contributed by atoms with Crippen molar-refractivity contribution >= 4 is 28.2 Å². The summed E-state index contributed by atoms with van der Waals surface area (Å²) >= 11 is 5.92. The van der Waals surface area contributed by atoms with Crippen LogP contribution >= 0.6 is 11.6 Å². The maximum Gasteiger partial charge on any atom is 0.317 e. The third-order valence-corrected chi connectivity index (χ3v) is 2.85. The summed E-state index contributed by atoms with van der Waals surface area (Å²) in [5.74, 6) is 0. The lowest BCUT2D eigenvalue weighted by atomic mass is 10.2. The number of rotatable bonds is 1. The zero-order chi connectivity index (χ0) is 11.9. The Balaban J connectivity index is 3.01. The van der Waals surface area contributed by atoms with E-state index in [-0.39, 0.29) is 10.7 Å². The average molecular weight is 241 g/mol. The van der Waals surface area contributed by atoms with Crippen molar-refractivity contribution in [1.82, 2.24) is 4.57 Å². The summed E-state index contributed by atoms with van der Waals surface area (Å²) in [6, 6.07) is 6.90. The molecule has 0 radical (unpaired) electrons. The molecule has 0 spiro atoms. The number of aryl methyl sites for hydroxylation is 1. The Morgan fingerprint density at radius 1 is 1.44 bits per heavy atom. The predicted octanol–water partition coefficient (Wildman–Crippen LogP) is 0.595. The number of hydrogen-bond donors (Lipinski definition) is 2. The normalized spacial score (nSPS) is 13.0. The Labute approximate surface area is 95.6 Å². The molecule has 0 bridgehead atoms. The fourth-order valence-electron chi connectivity index (χ4n) is 1.64. The second-order valence-corrected chi connectivity index (χ2v) is 3.75. The highest BCUT2D eigenvalue weighted by atomic mass is 35.5. The summed E-state index contributed by atoms with van der Waals surface area (Å²) in [4.78, 5) is 11.7. The quantitative estimate of drug-likeness (QED) is 0.717. The molecule has 84 valence electrons. The van der Waals surface area contributed by atoms with Gasteiger partial charge >= 0.3 is 5.56 Å². The van der Waals surface area contributed by atoms with E-state index < -0.39 is 10.8 Å². The summed E-state index contributed by atoms with van der Waals surface area (Å²) in [5.41, 5.74) is -0.374. The Kier molecular flexibility index (Phi) is 2.69. The SMILES string of the molecule is Cn1c(=O)c([NH+]([O-])O)c(Cl)c2ccccc21. The molecule has 2 N–H and O–H groups in total. The summed E-state index contributed by atoms with van der Waals surface area (Å²) in [5, 5.41) is 19.1. The Morgan fingerprint density at radius 2 is 2.06 bits per heavy atom. The van der Waals surface area contributed by atoms with Crippen LogP contribution in [0.15, 0.2) is 29.1 Å². The number of hydrogen-bond acceptors (Lipinski definition) is 3. The lowest BCUT2D eigenvalue weighted by Crippen LogP contribution is -3.00. The number of para-hydroxylation sites is 1. The first-order valence-corrected chi connectivity index (χ1v) is 4.92. The molecule has 1 heterocycles. The highest BCUT2D eigenvalue weighted by Gasteiger charge is 2.18. The number of quaternary nitrogens is 1. The first-order chi connectivity index (χ1) is 7.54. The molecule has 0 saturated heterocycles. The Bertz CT molecular complexity index is 607. The third-order valence-electron chi connectivity index (χ3n) is 2.45. The largest absolute Gasteiger partial charge is 0.595 e. The Hall–Kier alpha value is -1.40. The molecule has 0 amide bonds. The molecule has 1 unspecified atom stereocenters. The van der Waals surface area contributed by atoms with Gasteiger partial charge in [0.15, 0.2) is 0 Å². The van der Waals surface area contributed by atoms with Crippen LogP contribution in [0.1, 0.15) is 0 Å². The van der Waals surface area contributed by atoms with Gasteiger partial charge in [-0.1, -0.05) is 29.8 Å². The van der Waals surface area contributed by atoms with Gasteiger partial charge < -0.3 is 9.77 Å². The molecule has 2 aromatic rings. The number of pyridine rings is 1. The van der Waals surface area contributed by atoms with E-state index in [9.17, 15) is 10.0 Å². The zero-order valence-corrected chi connectivity index (χ0v) is 9.15. The van der Waals surface area contributed by atoms with Gasteiger partial charge in [0, 0.05) is 12.4 Å². The summed E-state index contributed by atoms with van der Waals surface area (Å²) < 4.78 is 1.28. The van der Waals surface area contributed by atoms with Crippen LogP contribution in [-0.4, -0.2) is 9.77 Å². The summed E-state index contributed by atoms with van der Waals surface area (Å²) in [6.07, 6.45) is 0. The van der Waals surface area contributed by atoms with Crippen molar-refractivity contribution in [3.63, 3.8) is 0 Å². The van der Waals surface area contributed by atoms with Crippen molar-refractivity contribution in [1.29, 1.82) is 0 Å². The van der Waals surface area contributed by atoms with E-state index in [1.54, 1.807) is 24.3 Å². The van der Waals surface area contributed by atoms with Gasteiger partial charge in [-0.05, 0) is 6.07 Å². The lowest BCUT2D eigenvalue weighted by Gasteiger charge is -2.15. The van der Waals surface area contributed by atoms with Crippen LogP contribution in [0.4, 0.5) is 5.69 Å². The minimum atomic E-state index is -1.31. The van der Waals surface area contributed by atoms with E-state index in [4.69, 9.17) is 16.8 Å². The van der Waals surface area contributed by atoms with Gasteiger partial charge in [-0.25, -0.2) is 5.21 Å². The van der Waals surface area contributed by atoms with Crippen molar-refractivity contribution in [2.24, 2.45) is 7.05 Å². The second kappa shape index (κ2) is 3.88. The van der Waals surface area contributed by atoms with Crippen molar-refractivity contribution in [3.05, 3.63) is 44.8 Å². The predicted molar refractivity (Wildman–Crippen MR) is 60.0 cm³/mol. The lowest BCUT2D eigenvalue weighted by molar-refractivity contribution is -0.991. The zero-order valence-electron chi connectivity index (χ0n) is 8.40. The molecule has 0 aliphatic heterocycles. The number of nitrogens with one attached hydrogen (secondary N) is 1. The number of benzene rings is 1. The van der Waals surface area contributed by atoms with Gasteiger partial charge in [0.2, 0.25) is 5.69 Å². The number of fused-ring (bicyclic) bond motifs is 1. The van der Waals surface area contributed by atoms with Gasteiger partial charge in [-0.3, -0.25) is 4.79 Å². The van der Waals surface area contributed by atoms with Crippen LogP contribution in [0.5, 0.6) is 0 Å². The molecule has 16 heavy (non-hydrogen) atoms. The molecule has 1 aromatic heterocycles. The molecule has 0 saturated carbocycles. The van der Waals surface area contributed by atoms with Crippen LogP contribution in [0.3, 0.4) is 0 Å². The molecule has 6 heteroatoms. The van der Waals surface area contributed by atoms with Gasteiger partial charge in [0.1, 0.15) is 5.02 Å². The van der Waals surface area contributed by atoms with Gasteiger partial charge in [-0.2, -0.15) is 5.23 Å². The van der Waals surface area contributed by atoms with E-state index in [1.807, 2.05) is 0 Å². The number of halogens is 1. The molecule has 1 atom stereocenters. The standard InChI is InChI=1S/C10H9ClN2O3/c1-12-7-5-3-2-4-6(7)8(11)9(10(12)14)13(15)16/h2-5,13,15H,1H3. The third kappa shape index (κ3) is 1.50. The van der Waals surface area contributed by atoms with Crippen molar-refractivity contribution in [2.75, 3.05) is 0 Å². The molecule has 0 fully saturated rings. The second-order valence-electron chi connectivity index (χ2n) is 3.38. The maximum atomic E-state index is 11.7. The highest BCUT2D eigenvalue weighted by Crippen LogP contribution is 2.25. The van der Waals surface area contributed by atoms with Gasteiger partial charge in [0.25, 0.3) is 0 Å². The first-order valence-electron chi connectivity index (χ1n) is 4.54. The molecule has 0 aliphatic carbocycles. The van der Waals surface area contributed by atoms with E-state index in [1.165, 1.54) is 11.6 Å². The maximum absolute atomic E-state index is 11.7. The van der Waals surface area contributed by atoms with Crippen LogP contribution in [0.25, 0.3) is 10.9 Å². The average Bonchev–Trinajstić information content (AvgIpc) is 2.26. The minimum Gasteiger partial charge on any atom is -0.595 e. The van der Waals surface area contributed by atoms with E-state index >= 15 is 0 Å². The monoisotopic (exact) mass is 240 g/mol. The van der Waals surface area contributed by atoms with Crippen LogP contribution in [-0.2, 0) is 7.05 Å². The van der Waals surface area contributed by atoms with Crippen molar-refractivity contribution < 1.29 is 10.4 Å². The minimum absolute atomic E-state index is 0.00815. The van der Waals surface area contributed by atoms with Crippen LogP contribution in [0, 0.1) is 5.21 Å². The summed E-state index contributed by atoms with van der Waals surface area (Å²) in [6.45, 7) is 0. The van der Waals surface area contributed by atoms with E-state index in [0.717, 1.165) is 0 Å². The molecule has 2 rings (SSSR count). The first kappa shape index (κ1) is 11.1. The smallest absolute Gasteiger partial charge is 0.317 e. The van der Waals surface area contributed by atoms with Gasteiger partial charge in [-0.15, -0.1) is 0 Å². The summed E-state index contributed by atoms with van der Waals surface area (Å²) in [7, 11) is 1.52. The van der Waals surface area contributed by atoms with Crippen LogP contribution in [0.2, 0.25) is 5.02 Å². The Morgan fingerprint density at radius 3 is 2.69 bits per heavy atom. The molecular weight excluding hydrogens is 232 g/mol. The van der Waals surface area contributed by atoms with E-state index in [0.29, 0.717) is 10.9 Å². The van der Waals surface area contributed by atoms with Crippen LogP contribution < -0.4 is 10.8 Å². The molecule has 0 aliphatic rings. The molecule has 1 aromatic carbocycles. The number of aromatic nitrogens is 1. The van der Waals surface area contributed by atoms with E-state index in [2.05, 4.69) is 0 Å². The fraction of sp³-hybridized carbons (Fsp3) is 0.100. The highest BCUT2D eigenvalue weighted by molar-refractivity contribution is 6.37.